The Morgan fingerprint density at radius 1 is 1.12 bits per heavy atom. The van der Waals surface area contributed by atoms with Crippen LogP contribution in [0.3, 0.4) is 0 Å². The second kappa shape index (κ2) is 9.02. The van der Waals surface area contributed by atoms with Gasteiger partial charge in [0, 0.05) is 12.5 Å². The molecule has 1 N–H and O–H groups in total. The van der Waals surface area contributed by atoms with Gasteiger partial charge in [0.05, 0.1) is 37.5 Å². The Morgan fingerprint density at radius 2 is 1.94 bits per heavy atom. The van der Waals surface area contributed by atoms with Crippen LogP contribution in [0.4, 0.5) is 0 Å². The van der Waals surface area contributed by atoms with E-state index in [-0.39, 0.29) is 36.6 Å². The van der Waals surface area contributed by atoms with E-state index in [1.807, 2.05) is 17.0 Å². The molecule has 7 heteroatoms. The van der Waals surface area contributed by atoms with Crippen molar-refractivity contribution in [3.63, 3.8) is 0 Å². The number of hydrogen-bond acceptors (Lipinski definition) is 5. The summed E-state index contributed by atoms with van der Waals surface area (Å²) < 4.78 is 18.2. The minimum atomic E-state index is -0.567. The van der Waals surface area contributed by atoms with Crippen molar-refractivity contribution in [3.8, 4) is 5.75 Å². The highest BCUT2D eigenvalue weighted by atomic mass is 16.5. The average molecular weight is 443 g/mol. The molecule has 0 radical (unpaired) electrons. The van der Waals surface area contributed by atoms with E-state index in [4.69, 9.17) is 14.2 Å². The van der Waals surface area contributed by atoms with Gasteiger partial charge in [0.1, 0.15) is 12.4 Å². The molecular formula is C25H34N2O5. The Bertz CT molecular complexity index is 852. The molecule has 1 aromatic carbocycles. The zero-order valence-electron chi connectivity index (χ0n) is 18.9. The Labute approximate surface area is 189 Å². The van der Waals surface area contributed by atoms with Crippen molar-refractivity contribution in [2.75, 3.05) is 26.4 Å². The van der Waals surface area contributed by atoms with Crippen molar-refractivity contribution in [3.05, 3.63) is 29.8 Å². The van der Waals surface area contributed by atoms with Crippen LogP contribution < -0.4 is 10.1 Å². The number of para-hydroxylation sites is 1. The van der Waals surface area contributed by atoms with Gasteiger partial charge in [0.25, 0.3) is 0 Å². The quantitative estimate of drug-likeness (QED) is 0.669. The third-order valence-electron chi connectivity index (χ3n) is 7.69. The van der Waals surface area contributed by atoms with E-state index in [0.717, 1.165) is 31.4 Å². The number of amides is 2. The van der Waals surface area contributed by atoms with Crippen molar-refractivity contribution in [2.45, 2.75) is 81.5 Å². The SMILES string of the molecule is C[C@@H]1C[C@]2(COCC(=O)N2)C2COC3CCC(CC3)c3ccccc3OCCCC(=O)N21. The van der Waals surface area contributed by atoms with Crippen molar-refractivity contribution in [2.24, 2.45) is 0 Å². The van der Waals surface area contributed by atoms with E-state index >= 15 is 0 Å². The van der Waals surface area contributed by atoms with Crippen LogP contribution in [0.2, 0.25) is 0 Å². The minimum absolute atomic E-state index is 0.0196. The summed E-state index contributed by atoms with van der Waals surface area (Å²) >= 11 is 0. The zero-order valence-corrected chi connectivity index (χ0v) is 18.9. The number of rotatable bonds is 0. The fourth-order valence-electron chi connectivity index (χ4n) is 6.21. The number of nitrogens with one attached hydrogen (secondary N) is 1. The van der Waals surface area contributed by atoms with Gasteiger partial charge in [-0.05, 0) is 63.0 Å². The topological polar surface area (TPSA) is 77.1 Å². The van der Waals surface area contributed by atoms with Crippen LogP contribution in [0.15, 0.2) is 24.3 Å². The molecule has 7 nitrogen and oxygen atoms in total. The summed E-state index contributed by atoms with van der Waals surface area (Å²) in [6, 6.07) is 8.13. The number of carbonyl (C=O) groups is 2. The Kier molecular flexibility index (Phi) is 6.12. The van der Waals surface area contributed by atoms with Crippen molar-refractivity contribution >= 4 is 11.8 Å². The highest BCUT2D eigenvalue weighted by Crippen LogP contribution is 2.40. The predicted molar refractivity (Wildman–Crippen MR) is 119 cm³/mol. The fourth-order valence-corrected chi connectivity index (χ4v) is 6.21. The second-order valence-corrected chi connectivity index (χ2v) is 9.86. The number of carbonyl (C=O) groups excluding carboxylic acids is 2. The molecule has 1 spiro atoms. The number of nitrogens with zero attached hydrogens (tertiary/aromatic N) is 1. The molecule has 1 aliphatic carbocycles. The van der Waals surface area contributed by atoms with Crippen molar-refractivity contribution in [1.29, 1.82) is 0 Å². The second-order valence-electron chi connectivity index (χ2n) is 9.86. The molecule has 6 rings (SSSR count). The van der Waals surface area contributed by atoms with E-state index in [9.17, 15) is 9.59 Å². The van der Waals surface area contributed by atoms with E-state index in [1.54, 1.807) is 0 Å². The molecule has 4 aliphatic heterocycles. The molecule has 174 valence electrons. The third kappa shape index (κ3) is 4.13. The number of morpholine rings is 1. The lowest BCUT2D eigenvalue weighted by atomic mass is 9.82. The molecule has 1 unspecified atom stereocenters. The first-order chi connectivity index (χ1) is 15.6. The van der Waals surface area contributed by atoms with Gasteiger partial charge in [-0.2, -0.15) is 0 Å². The van der Waals surface area contributed by atoms with Crippen molar-refractivity contribution in [1.82, 2.24) is 10.2 Å². The van der Waals surface area contributed by atoms with E-state index < -0.39 is 5.54 Å². The largest absolute Gasteiger partial charge is 0.493 e. The summed E-state index contributed by atoms with van der Waals surface area (Å²) in [7, 11) is 0. The average Bonchev–Trinajstić information content (AvgIpc) is 3.04. The van der Waals surface area contributed by atoms with E-state index in [1.165, 1.54) is 5.56 Å². The number of benzene rings is 1. The molecule has 2 saturated heterocycles. The van der Waals surface area contributed by atoms with E-state index in [2.05, 4.69) is 24.4 Å². The molecule has 3 fully saturated rings. The van der Waals surface area contributed by atoms with Gasteiger partial charge in [-0.3, -0.25) is 9.59 Å². The van der Waals surface area contributed by atoms with Crippen LogP contribution in [0.5, 0.6) is 5.75 Å². The van der Waals surface area contributed by atoms with E-state index in [0.29, 0.717) is 45.0 Å². The van der Waals surface area contributed by atoms with Gasteiger partial charge in [-0.1, -0.05) is 18.2 Å². The molecule has 5 aliphatic rings. The zero-order chi connectivity index (χ0) is 22.1. The number of hydrogen-bond donors (Lipinski definition) is 1. The lowest BCUT2D eigenvalue weighted by Crippen LogP contribution is -2.65. The summed E-state index contributed by atoms with van der Waals surface area (Å²) in [4.78, 5) is 27.5. The van der Waals surface area contributed by atoms with Gasteiger partial charge >= 0.3 is 0 Å². The van der Waals surface area contributed by atoms with Gasteiger partial charge < -0.3 is 24.4 Å². The van der Waals surface area contributed by atoms with Crippen LogP contribution >= 0.6 is 0 Å². The van der Waals surface area contributed by atoms with Crippen LogP contribution in [0.25, 0.3) is 0 Å². The molecule has 2 bridgehead atoms. The predicted octanol–water partition coefficient (Wildman–Crippen LogP) is 2.78. The molecule has 32 heavy (non-hydrogen) atoms. The van der Waals surface area contributed by atoms with Crippen LogP contribution in [0.1, 0.15) is 63.4 Å². The maximum absolute atomic E-state index is 13.3. The first-order valence-electron chi connectivity index (χ1n) is 12.1. The molecular weight excluding hydrogens is 408 g/mol. The molecule has 1 saturated carbocycles. The molecule has 4 heterocycles. The maximum Gasteiger partial charge on any atom is 0.246 e. The monoisotopic (exact) mass is 442 g/mol. The Hall–Kier alpha value is -2.12. The minimum Gasteiger partial charge on any atom is -0.493 e. The van der Waals surface area contributed by atoms with Gasteiger partial charge in [-0.25, -0.2) is 0 Å². The van der Waals surface area contributed by atoms with Crippen LogP contribution in [-0.2, 0) is 19.1 Å². The standard InChI is InChI=1S/C25H34N2O5/c1-17-13-25(16-30-15-23(28)26-25)22-14-32-19-10-8-18(9-11-19)20-5-2-3-6-21(20)31-12-4-7-24(29)27(17)22/h2-3,5-6,17-19,22H,4,7-16H2,1H3,(H,26,28)/t17-,18?,19?,22?,25+/m1/s1. The Balaban J connectivity index is 1.40. The lowest BCUT2D eigenvalue weighted by Gasteiger charge is -2.41. The molecule has 1 aromatic rings. The van der Waals surface area contributed by atoms with Gasteiger partial charge in [0.15, 0.2) is 0 Å². The highest BCUT2D eigenvalue weighted by molar-refractivity contribution is 5.81. The van der Waals surface area contributed by atoms with Crippen LogP contribution in [0, 0.1) is 0 Å². The molecule has 2 amide bonds. The first-order valence-corrected chi connectivity index (χ1v) is 12.1. The maximum atomic E-state index is 13.3. The Morgan fingerprint density at radius 3 is 2.75 bits per heavy atom. The summed E-state index contributed by atoms with van der Waals surface area (Å²) in [5.74, 6) is 1.42. The first kappa shape index (κ1) is 21.7. The third-order valence-corrected chi connectivity index (χ3v) is 7.69. The fraction of sp³-hybridized carbons (Fsp3) is 0.680. The smallest absolute Gasteiger partial charge is 0.246 e. The van der Waals surface area contributed by atoms with Gasteiger partial charge in [0.2, 0.25) is 11.8 Å². The summed E-state index contributed by atoms with van der Waals surface area (Å²) in [6.45, 7) is 3.52. The molecule has 3 atom stereocenters. The number of ether oxygens (including phenoxy) is 3. The van der Waals surface area contributed by atoms with Gasteiger partial charge in [-0.15, -0.1) is 0 Å². The molecule has 0 aromatic heterocycles. The summed E-state index contributed by atoms with van der Waals surface area (Å²) in [6.07, 6.45) is 6.06. The normalized spacial score (nSPS) is 36.0. The highest BCUT2D eigenvalue weighted by Gasteiger charge is 2.55. The lowest BCUT2D eigenvalue weighted by molar-refractivity contribution is -0.144. The van der Waals surface area contributed by atoms with Crippen molar-refractivity contribution < 1.29 is 23.8 Å². The summed E-state index contributed by atoms with van der Waals surface area (Å²) in [5.41, 5.74) is 0.713. The number of fused-ring (bicyclic) bond motifs is 7. The van der Waals surface area contributed by atoms with Crippen LogP contribution in [-0.4, -0.2) is 66.9 Å². The summed E-state index contributed by atoms with van der Waals surface area (Å²) in [5, 5.41) is 3.18.